The summed E-state index contributed by atoms with van der Waals surface area (Å²) in [5.74, 6) is 0.673. The molecule has 6 heteroatoms. The molecule has 1 atom stereocenters. The number of hydrogen-bond acceptors (Lipinski definition) is 4. The number of rotatable bonds is 6. The lowest BCUT2D eigenvalue weighted by molar-refractivity contribution is 0.117. The minimum Gasteiger partial charge on any atom is -0.496 e. The third-order valence-electron chi connectivity index (χ3n) is 4.76. The summed E-state index contributed by atoms with van der Waals surface area (Å²) in [5, 5.41) is 0. The Balaban J connectivity index is 2.00. The highest BCUT2D eigenvalue weighted by molar-refractivity contribution is 7.89. The summed E-state index contributed by atoms with van der Waals surface area (Å²) >= 11 is 0. The molecule has 0 aliphatic carbocycles. The van der Waals surface area contributed by atoms with Crippen LogP contribution in [0.15, 0.2) is 71.3 Å². The predicted octanol–water partition coefficient (Wildman–Crippen LogP) is 3.55. The van der Waals surface area contributed by atoms with Crippen molar-refractivity contribution >= 4 is 10.0 Å². The quantitative estimate of drug-likeness (QED) is 0.743. The first-order valence-corrected chi connectivity index (χ1v) is 10.9. The zero-order valence-corrected chi connectivity index (χ0v) is 17.2. The van der Waals surface area contributed by atoms with Gasteiger partial charge >= 0.3 is 0 Å². The molecular weight excluding hydrogens is 374 g/mol. The molecule has 1 aliphatic rings. The van der Waals surface area contributed by atoms with Crippen molar-refractivity contribution in [2.24, 2.45) is 0 Å². The molecule has 0 spiro atoms. The van der Waals surface area contributed by atoms with E-state index in [1.165, 1.54) is 0 Å². The molecule has 0 bridgehead atoms. The van der Waals surface area contributed by atoms with Gasteiger partial charge in [0.1, 0.15) is 12.4 Å². The molecule has 0 saturated carbocycles. The second kappa shape index (κ2) is 9.37. The van der Waals surface area contributed by atoms with Gasteiger partial charge in [-0.25, -0.2) is 8.42 Å². The maximum absolute atomic E-state index is 13.5. The first kappa shape index (κ1) is 20.6. The topological polar surface area (TPSA) is 55.8 Å². The normalized spacial score (nSPS) is 20.5. The molecular formula is C22H27NO4S. The smallest absolute Gasteiger partial charge is 0.243 e. The van der Waals surface area contributed by atoms with E-state index in [0.717, 1.165) is 11.1 Å². The first-order valence-electron chi connectivity index (χ1n) is 9.45. The Morgan fingerprint density at radius 3 is 2.50 bits per heavy atom. The summed E-state index contributed by atoms with van der Waals surface area (Å²) < 4.78 is 39.5. The van der Waals surface area contributed by atoms with Crippen molar-refractivity contribution < 1.29 is 17.9 Å². The van der Waals surface area contributed by atoms with Crippen LogP contribution in [0.5, 0.6) is 0 Å². The lowest BCUT2D eigenvalue weighted by atomic mass is 10.0. The Labute approximate surface area is 167 Å². The number of nitrogens with zero attached hydrogens (tertiary/aromatic N) is 1. The van der Waals surface area contributed by atoms with E-state index in [2.05, 4.69) is 0 Å². The highest BCUT2D eigenvalue weighted by atomic mass is 32.2. The molecule has 0 N–H and O–H groups in total. The summed E-state index contributed by atoms with van der Waals surface area (Å²) in [6, 6.07) is 16.6. The monoisotopic (exact) mass is 401 g/mol. The Morgan fingerprint density at radius 2 is 1.82 bits per heavy atom. The fraction of sp³-hybridized carbons (Fsp3) is 0.364. The molecule has 5 nitrogen and oxygen atoms in total. The van der Waals surface area contributed by atoms with Crippen LogP contribution < -0.4 is 0 Å². The van der Waals surface area contributed by atoms with Crippen LogP contribution in [0.2, 0.25) is 0 Å². The molecule has 28 heavy (non-hydrogen) atoms. The Morgan fingerprint density at radius 1 is 1.11 bits per heavy atom. The van der Waals surface area contributed by atoms with Crippen LogP contribution in [0.3, 0.4) is 0 Å². The van der Waals surface area contributed by atoms with Gasteiger partial charge in [0, 0.05) is 13.7 Å². The summed E-state index contributed by atoms with van der Waals surface area (Å²) in [6.45, 7) is 3.14. The molecule has 0 amide bonds. The zero-order valence-electron chi connectivity index (χ0n) is 16.4. The van der Waals surface area contributed by atoms with Crippen LogP contribution in [0.4, 0.5) is 0 Å². The molecule has 1 aliphatic heterocycles. The molecule has 2 aromatic carbocycles. The molecule has 3 rings (SSSR count). The van der Waals surface area contributed by atoms with Gasteiger partial charge in [-0.15, -0.1) is 0 Å². The minimum atomic E-state index is -3.63. The average molecular weight is 402 g/mol. The van der Waals surface area contributed by atoms with E-state index < -0.39 is 10.0 Å². The third kappa shape index (κ3) is 5.01. The molecule has 2 aromatic rings. The maximum atomic E-state index is 13.5. The number of ether oxygens (including phenoxy) is 2. The Bertz CT molecular complexity index is 892. The van der Waals surface area contributed by atoms with Crippen molar-refractivity contribution in [3.05, 3.63) is 77.6 Å². The predicted molar refractivity (Wildman–Crippen MR) is 110 cm³/mol. The highest BCUT2D eigenvalue weighted by Crippen LogP contribution is 2.24. The van der Waals surface area contributed by atoms with Gasteiger partial charge in [-0.05, 0) is 43.5 Å². The fourth-order valence-electron chi connectivity index (χ4n) is 3.33. The second-order valence-electron chi connectivity index (χ2n) is 6.95. The lowest BCUT2D eigenvalue weighted by Crippen LogP contribution is -2.42. The van der Waals surface area contributed by atoms with Crippen molar-refractivity contribution in [3.63, 3.8) is 0 Å². The molecule has 0 unspecified atom stereocenters. The van der Waals surface area contributed by atoms with Crippen molar-refractivity contribution in [1.82, 2.24) is 4.31 Å². The van der Waals surface area contributed by atoms with E-state index >= 15 is 0 Å². The molecule has 0 radical (unpaired) electrons. The number of hydrogen-bond donors (Lipinski definition) is 0. The highest BCUT2D eigenvalue weighted by Gasteiger charge is 2.31. The maximum Gasteiger partial charge on any atom is 0.243 e. The van der Waals surface area contributed by atoms with Gasteiger partial charge in [-0.2, -0.15) is 4.31 Å². The van der Waals surface area contributed by atoms with Crippen LogP contribution in [0, 0.1) is 6.92 Å². The number of sulfonamides is 1. The summed E-state index contributed by atoms with van der Waals surface area (Å²) in [5.41, 5.74) is 2.10. The fourth-order valence-corrected chi connectivity index (χ4v) is 4.94. The summed E-state index contributed by atoms with van der Waals surface area (Å²) in [6.07, 6.45) is 3.08. The van der Waals surface area contributed by atoms with Gasteiger partial charge < -0.3 is 9.47 Å². The van der Waals surface area contributed by atoms with Gasteiger partial charge in [0.05, 0.1) is 17.5 Å². The largest absolute Gasteiger partial charge is 0.496 e. The van der Waals surface area contributed by atoms with Crippen LogP contribution >= 0.6 is 0 Å². The summed E-state index contributed by atoms with van der Waals surface area (Å²) in [4.78, 5) is 0.319. The van der Waals surface area contributed by atoms with Crippen LogP contribution in [0.25, 0.3) is 0 Å². The van der Waals surface area contributed by atoms with E-state index in [0.29, 0.717) is 43.3 Å². The summed E-state index contributed by atoms with van der Waals surface area (Å²) in [7, 11) is -2.03. The zero-order chi connectivity index (χ0) is 20.0. The van der Waals surface area contributed by atoms with Gasteiger partial charge in [0.2, 0.25) is 10.0 Å². The van der Waals surface area contributed by atoms with Gasteiger partial charge in [-0.3, -0.25) is 0 Å². The standard InChI is InChI=1S/C22H27NO4S/c1-18-9-11-22(12-10-18)28(24,25)23-13-6-14-27-21(17-26-2)16-20(23)15-19-7-4-3-5-8-19/h3-5,7-12,16,20H,6,13-15,17H2,1-2H3/b21-16-/t20-/m0/s1. The molecule has 150 valence electrons. The molecule has 1 heterocycles. The van der Waals surface area contributed by atoms with E-state index in [1.807, 2.05) is 55.5 Å². The van der Waals surface area contributed by atoms with Gasteiger partial charge in [0.15, 0.2) is 0 Å². The van der Waals surface area contributed by atoms with E-state index in [4.69, 9.17) is 9.47 Å². The van der Waals surface area contributed by atoms with Crippen molar-refractivity contribution in [3.8, 4) is 0 Å². The third-order valence-corrected chi connectivity index (χ3v) is 6.70. The average Bonchev–Trinajstić information content (AvgIpc) is 2.66. The second-order valence-corrected chi connectivity index (χ2v) is 8.84. The first-order chi connectivity index (χ1) is 13.5. The van der Waals surface area contributed by atoms with Crippen molar-refractivity contribution in [2.75, 3.05) is 26.9 Å². The Kier molecular flexibility index (Phi) is 6.88. The van der Waals surface area contributed by atoms with Crippen LogP contribution in [-0.2, 0) is 25.9 Å². The van der Waals surface area contributed by atoms with Gasteiger partial charge in [-0.1, -0.05) is 48.0 Å². The van der Waals surface area contributed by atoms with Crippen molar-refractivity contribution in [2.45, 2.75) is 30.7 Å². The number of aryl methyl sites for hydroxylation is 1. The number of methoxy groups -OCH3 is 1. The minimum absolute atomic E-state index is 0.319. The SMILES string of the molecule is COC/C1=C/[C@H](Cc2ccccc2)N(S(=O)(=O)c2ccc(C)cc2)CCCO1. The lowest BCUT2D eigenvalue weighted by Gasteiger charge is -2.31. The molecule has 0 fully saturated rings. The van der Waals surface area contributed by atoms with E-state index in [1.54, 1.807) is 23.5 Å². The number of benzene rings is 2. The molecule has 0 aromatic heterocycles. The Hall–Kier alpha value is -2.15. The van der Waals surface area contributed by atoms with Crippen LogP contribution in [-0.4, -0.2) is 45.6 Å². The molecule has 0 saturated heterocycles. The van der Waals surface area contributed by atoms with Crippen molar-refractivity contribution in [1.29, 1.82) is 0 Å². The van der Waals surface area contributed by atoms with E-state index in [-0.39, 0.29) is 6.04 Å². The van der Waals surface area contributed by atoms with E-state index in [9.17, 15) is 8.42 Å². The van der Waals surface area contributed by atoms with Crippen LogP contribution in [0.1, 0.15) is 17.5 Å². The van der Waals surface area contributed by atoms with Gasteiger partial charge in [0.25, 0.3) is 0 Å².